The molecule has 2 unspecified atom stereocenters. The number of amides is 1. The monoisotopic (exact) mass is 276 g/mol. The SMILES string of the molecule is COS(=O)(=O)N(N)C(=O)OC1COS(=O)O1. The van der Waals surface area contributed by atoms with Crippen molar-refractivity contribution in [1.82, 2.24) is 4.41 Å². The number of ether oxygens (including phenoxy) is 1. The van der Waals surface area contributed by atoms with Crippen LogP contribution in [-0.4, -0.2) is 43.1 Å². The molecule has 0 aromatic rings. The average Bonchev–Trinajstić information content (AvgIpc) is 2.62. The summed E-state index contributed by atoms with van der Waals surface area (Å²) in [6.07, 6.45) is -2.74. The minimum absolute atomic E-state index is 0.266. The van der Waals surface area contributed by atoms with Crippen LogP contribution in [0.4, 0.5) is 4.79 Å². The highest BCUT2D eigenvalue weighted by Crippen LogP contribution is 2.11. The van der Waals surface area contributed by atoms with Crippen molar-refractivity contribution in [3.63, 3.8) is 0 Å². The maximum Gasteiger partial charge on any atom is 0.442 e. The standard InChI is InChI=1S/C4H8N2O8S2/c1-11-16(9,10)6(5)4(7)13-3-2-12-15(8)14-3/h3H,2,5H2,1H3. The highest BCUT2D eigenvalue weighted by molar-refractivity contribution is 7.84. The van der Waals surface area contributed by atoms with Crippen LogP contribution in [0.15, 0.2) is 0 Å². The normalized spacial score (nSPS) is 25.4. The van der Waals surface area contributed by atoms with Crippen LogP contribution in [-0.2, 0) is 39.0 Å². The van der Waals surface area contributed by atoms with E-state index in [0.717, 1.165) is 7.11 Å². The highest BCUT2D eigenvalue weighted by atomic mass is 32.2. The molecule has 2 N–H and O–H groups in total. The van der Waals surface area contributed by atoms with Gasteiger partial charge in [-0.3, -0.25) is 8.37 Å². The number of carbonyl (C=O) groups excluding carboxylic acids is 1. The molecule has 0 saturated carbocycles. The fourth-order valence-corrected chi connectivity index (χ4v) is 1.58. The Balaban J connectivity index is 2.56. The van der Waals surface area contributed by atoms with E-state index in [9.17, 15) is 17.4 Å². The predicted molar refractivity (Wildman–Crippen MR) is 47.4 cm³/mol. The molecule has 2 atom stereocenters. The molecule has 0 aromatic heterocycles. The molecule has 1 aliphatic rings. The van der Waals surface area contributed by atoms with Gasteiger partial charge < -0.3 is 4.74 Å². The van der Waals surface area contributed by atoms with Gasteiger partial charge in [-0.25, -0.2) is 14.8 Å². The molecule has 1 saturated heterocycles. The van der Waals surface area contributed by atoms with Gasteiger partial charge in [-0.15, -0.1) is 4.41 Å². The van der Waals surface area contributed by atoms with Gasteiger partial charge in [0.15, 0.2) is 0 Å². The lowest BCUT2D eigenvalue weighted by Crippen LogP contribution is -2.44. The van der Waals surface area contributed by atoms with Crippen LogP contribution in [0.1, 0.15) is 0 Å². The lowest BCUT2D eigenvalue weighted by atomic mass is 10.7. The molecular formula is C4H8N2O8S2. The van der Waals surface area contributed by atoms with Crippen molar-refractivity contribution in [3.8, 4) is 0 Å². The first-order valence-electron chi connectivity index (χ1n) is 3.65. The van der Waals surface area contributed by atoms with Crippen LogP contribution in [0.25, 0.3) is 0 Å². The van der Waals surface area contributed by atoms with Crippen LogP contribution in [0.2, 0.25) is 0 Å². The van der Waals surface area contributed by atoms with Gasteiger partial charge in [0.05, 0.1) is 7.11 Å². The summed E-state index contributed by atoms with van der Waals surface area (Å²) in [4.78, 5) is 11.1. The molecule has 1 heterocycles. The van der Waals surface area contributed by atoms with E-state index < -0.39 is 34.0 Å². The third-order valence-electron chi connectivity index (χ3n) is 1.35. The molecule has 0 bridgehead atoms. The average molecular weight is 276 g/mol. The summed E-state index contributed by atoms with van der Waals surface area (Å²) in [5.41, 5.74) is 0. The van der Waals surface area contributed by atoms with E-state index in [2.05, 4.69) is 17.3 Å². The molecule has 10 nitrogen and oxygen atoms in total. The number of carbonyl (C=O) groups is 1. The van der Waals surface area contributed by atoms with Crippen molar-refractivity contribution in [2.45, 2.75) is 6.29 Å². The molecule has 0 radical (unpaired) electrons. The molecule has 12 heteroatoms. The first-order chi connectivity index (χ1) is 7.36. The third kappa shape index (κ3) is 3.10. The minimum atomic E-state index is -4.39. The Bertz CT molecular complexity index is 393. The van der Waals surface area contributed by atoms with Crippen molar-refractivity contribution in [2.24, 2.45) is 5.84 Å². The first kappa shape index (κ1) is 13.3. The van der Waals surface area contributed by atoms with E-state index in [1.165, 1.54) is 0 Å². The molecular weight excluding hydrogens is 268 g/mol. The largest absolute Gasteiger partial charge is 0.442 e. The number of hydrogen-bond acceptors (Lipinski definition) is 9. The molecule has 1 rings (SSSR count). The Kier molecular flexibility index (Phi) is 4.17. The van der Waals surface area contributed by atoms with Gasteiger partial charge in [0, 0.05) is 0 Å². The molecule has 1 fully saturated rings. The molecule has 94 valence electrons. The Morgan fingerprint density at radius 2 is 2.25 bits per heavy atom. The fourth-order valence-electron chi connectivity index (χ4n) is 0.644. The van der Waals surface area contributed by atoms with Gasteiger partial charge in [0.2, 0.25) is 6.29 Å². The zero-order chi connectivity index (χ0) is 12.3. The van der Waals surface area contributed by atoms with Crippen molar-refractivity contribution >= 4 is 27.8 Å². The van der Waals surface area contributed by atoms with Crippen molar-refractivity contribution in [3.05, 3.63) is 0 Å². The highest BCUT2D eigenvalue weighted by Gasteiger charge is 2.32. The number of hydrogen-bond donors (Lipinski definition) is 1. The van der Waals surface area contributed by atoms with Gasteiger partial charge in [0.25, 0.3) is 0 Å². The molecule has 16 heavy (non-hydrogen) atoms. The number of nitrogens with zero attached hydrogens (tertiary/aromatic N) is 1. The van der Waals surface area contributed by atoms with Gasteiger partial charge in [-0.05, 0) is 0 Å². The van der Waals surface area contributed by atoms with Crippen LogP contribution in [0, 0.1) is 0 Å². The lowest BCUT2D eigenvalue weighted by molar-refractivity contribution is -0.0242. The molecule has 0 aliphatic carbocycles. The quantitative estimate of drug-likeness (QED) is 0.357. The van der Waals surface area contributed by atoms with Crippen LogP contribution in [0.3, 0.4) is 0 Å². The summed E-state index contributed by atoms with van der Waals surface area (Å²) in [5, 5.41) is 0. The van der Waals surface area contributed by atoms with E-state index in [4.69, 9.17) is 5.84 Å². The molecule has 1 amide bonds. The predicted octanol–water partition coefficient (Wildman–Crippen LogP) is -1.86. The third-order valence-corrected chi connectivity index (χ3v) is 3.10. The van der Waals surface area contributed by atoms with Gasteiger partial charge in [-0.1, -0.05) is 0 Å². The zero-order valence-corrected chi connectivity index (χ0v) is 9.52. The van der Waals surface area contributed by atoms with E-state index in [1.54, 1.807) is 0 Å². The Morgan fingerprint density at radius 3 is 2.69 bits per heavy atom. The van der Waals surface area contributed by atoms with E-state index in [0.29, 0.717) is 0 Å². The van der Waals surface area contributed by atoms with Crippen molar-refractivity contribution in [1.29, 1.82) is 0 Å². The summed E-state index contributed by atoms with van der Waals surface area (Å²) in [7, 11) is -3.58. The summed E-state index contributed by atoms with van der Waals surface area (Å²) in [6, 6.07) is 0. The molecule has 1 aliphatic heterocycles. The van der Waals surface area contributed by atoms with E-state index >= 15 is 0 Å². The summed E-state index contributed by atoms with van der Waals surface area (Å²) >= 11 is -2.02. The van der Waals surface area contributed by atoms with Gasteiger partial charge in [-0.2, -0.15) is 12.6 Å². The zero-order valence-electron chi connectivity index (χ0n) is 7.89. The van der Waals surface area contributed by atoms with Crippen LogP contribution >= 0.6 is 0 Å². The van der Waals surface area contributed by atoms with E-state index in [1.807, 2.05) is 0 Å². The van der Waals surface area contributed by atoms with Crippen molar-refractivity contribution < 1.29 is 34.7 Å². The topological polar surface area (TPSA) is 134 Å². The second-order valence-electron chi connectivity index (χ2n) is 2.32. The fraction of sp³-hybridized carbons (Fsp3) is 0.750. The smallest absolute Gasteiger partial charge is 0.414 e. The molecule has 0 spiro atoms. The lowest BCUT2D eigenvalue weighted by Gasteiger charge is -2.15. The second kappa shape index (κ2) is 5.03. The maximum atomic E-state index is 11.1. The van der Waals surface area contributed by atoms with E-state index in [-0.39, 0.29) is 11.0 Å². The first-order valence-corrected chi connectivity index (χ1v) is 6.01. The Morgan fingerprint density at radius 1 is 1.62 bits per heavy atom. The Labute approximate surface area is 93.3 Å². The van der Waals surface area contributed by atoms with Gasteiger partial charge in [0.1, 0.15) is 6.61 Å². The van der Waals surface area contributed by atoms with Crippen molar-refractivity contribution in [2.75, 3.05) is 13.7 Å². The summed E-state index contributed by atoms with van der Waals surface area (Å²) < 4.78 is 49.3. The van der Waals surface area contributed by atoms with Crippen LogP contribution in [0.5, 0.6) is 0 Å². The minimum Gasteiger partial charge on any atom is -0.414 e. The molecule has 0 aromatic carbocycles. The number of nitrogens with two attached hydrogens (primary N) is 1. The summed E-state index contributed by atoms with van der Waals surface area (Å²) in [6.45, 7) is -0.292. The maximum absolute atomic E-state index is 11.1. The Hall–Kier alpha value is -0.790. The number of hydrazine groups is 1. The summed E-state index contributed by atoms with van der Waals surface area (Å²) in [5.74, 6) is 4.89. The van der Waals surface area contributed by atoms with Crippen LogP contribution < -0.4 is 5.84 Å². The number of rotatable bonds is 3. The van der Waals surface area contributed by atoms with Gasteiger partial charge >= 0.3 is 27.8 Å². The second-order valence-corrected chi connectivity index (χ2v) is 4.74.